The van der Waals surface area contributed by atoms with E-state index in [2.05, 4.69) is 5.10 Å². The molecule has 0 aromatic carbocycles. The Bertz CT molecular complexity index is 279. The maximum Gasteiger partial charge on any atom is 0.270 e. The molecule has 1 aromatic rings. The molecular weight excluding hydrogens is 132 g/mol. The van der Waals surface area contributed by atoms with Crippen molar-refractivity contribution in [1.29, 1.82) is 0 Å². The van der Waals surface area contributed by atoms with E-state index in [9.17, 15) is 4.79 Å². The molecular formula is C6H8N2O2. The second kappa shape index (κ2) is 2.51. The first-order chi connectivity index (χ1) is 4.74. The lowest BCUT2D eigenvalue weighted by molar-refractivity contribution is 0.461. The minimum absolute atomic E-state index is 0.0882. The van der Waals surface area contributed by atoms with Gasteiger partial charge in [-0.05, 0) is 6.92 Å². The highest BCUT2D eigenvalue weighted by molar-refractivity contribution is 5.10. The summed E-state index contributed by atoms with van der Waals surface area (Å²) in [5, 5.41) is 12.4. The van der Waals surface area contributed by atoms with E-state index in [-0.39, 0.29) is 11.3 Å². The van der Waals surface area contributed by atoms with Crippen LogP contribution in [0.2, 0.25) is 0 Å². The van der Waals surface area contributed by atoms with E-state index in [1.54, 1.807) is 0 Å². The van der Waals surface area contributed by atoms with Gasteiger partial charge < -0.3 is 5.11 Å². The molecule has 0 aliphatic heterocycles. The van der Waals surface area contributed by atoms with Gasteiger partial charge in [-0.15, -0.1) is 0 Å². The van der Waals surface area contributed by atoms with Crippen LogP contribution in [0.15, 0.2) is 17.1 Å². The lowest BCUT2D eigenvalue weighted by Gasteiger charge is -1.96. The Labute approximate surface area is 57.7 Å². The highest BCUT2D eigenvalue weighted by atomic mass is 16.3. The van der Waals surface area contributed by atoms with Gasteiger partial charge in [-0.3, -0.25) is 4.79 Å². The van der Waals surface area contributed by atoms with Gasteiger partial charge in [-0.1, -0.05) is 0 Å². The standard InChI is InChI=1S/C6H8N2O2/c1-2-8-6(10)3-5(9)4-7-8/h3-4,9H,2H2,1H3. The summed E-state index contributed by atoms with van der Waals surface area (Å²) in [6.07, 6.45) is 1.24. The van der Waals surface area contributed by atoms with Crippen molar-refractivity contribution in [2.45, 2.75) is 13.5 Å². The van der Waals surface area contributed by atoms with E-state index in [4.69, 9.17) is 5.11 Å². The lowest BCUT2D eigenvalue weighted by atomic mass is 10.5. The molecule has 0 aliphatic carbocycles. The van der Waals surface area contributed by atoms with E-state index in [0.717, 1.165) is 6.07 Å². The molecule has 0 saturated heterocycles. The number of hydrogen-bond donors (Lipinski definition) is 1. The van der Waals surface area contributed by atoms with Crippen molar-refractivity contribution in [2.24, 2.45) is 0 Å². The van der Waals surface area contributed by atoms with Gasteiger partial charge in [-0.2, -0.15) is 5.10 Å². The number of hydrogen-bond acceptors (Lipinski definition) is 3. The first kappa shape index (κ1) is 6.80. The Hall–Kier alpha value is -1.32. The van der Waals surface area contributed by atoms with E-state index in [0.29, 0.717) is 6.54 Å². The first-order valence-electron chi connectivity index (χ1n) is 3.00. The summed E-state index contributed by atoms with van der Waals surface area (Å²) in [6, 6.07) is 1.14. The fourth-order valence-electron chi connectivity index (χ4n) is 0.662. The zero-order chi connectivity index (χ0) is 7.56. The van der Waals surface area contributed by atoms with Crippen LogP contribution >= 0.6 is 0 Å². The van der Waals surface area contributed by atoms with Crippen LogP contribution in [0.1, 0.15) is 6.92 Å². The second-order valence-electron chi connectivity index (χ2n) is 1.87. The predicted octanol–water partition coefficient (Wildman–Crippen LogP) is -0.0312. The van der Waals surface area contributed by atoms with Crippen molar-refractivity contribution >= 4 is 0 Å². The van der Waals surface area contributed by atoms with Gasteiger partial charge in [0.1, 0.15) is 5.75 Å². The summed E-state index contributed by atoms with van der Waals surface area (Å²) >= 11 is 0. The highest BCUT2D eigenvalue weighted by Crippen LogP contribution is 1.96. The largest absolute Gasteiger partial charge is 0.506 e. The third-order valence-corrected chi connectivity index (χ3v) is 1.15. The monoisotopic (exact) mass is 140 g/mol. The predicted molar refractivity (Wildman–Crippen MR) is 35.8 cm³/mol. The van der Waals surface area contributed by atoms with E-state index < -0.39 is 0 Å². The smallest absolute Gasteiger partial charge is 0.270 e. The minimum Gasteiger partial charge on any atom is -0.506 e. The average Bonchev–Trinajstić information content (AvgIpc) is 1.88. The maximum atomic E-state index is 10.8. The van der Waals surface area contributed by atoms with Crippen LogP contribution in [-0.4, -0.2) is 14.9 Å². The van der Waals surface area contributed by atoms with Gasteiger partial charge in [-0.25, -0.2) is 4.68 Å². The molecule has 0 aliphatic rings. The van der Waals surface area contributed by atoms with Crippen LogP contribution < -0.4 is 5.56 Å². The molecule has 10 heavy (non-hydrogen) atoms. The molecule has 54 valence electrons. The van der Waals surface area contributed by atoms with Crippen LogP contribution in [0.25, 0.3) is 0 Å². The Morgan fingerprint density at radius 1 is 1.80 bits per heavy atom. The van der Waals surface area contributed by atoms with Crippen molar-refractivity contribution < 1.29 is 5.11 Å². The molecule has 0 spiro atoms. The summed E-state index contributed by atoms with van der Waals surface area (Å²) in [5.74, 6) is -0.0882. The number of rotatable bonds is 1. The average molecular weight is 140 g/mol. The summed E-state index contributed by atoms with van der Waals surface area (Å²) in [7, 11) is 0. The summed E-state index contributed by atoms with van der Waals surface area (Å²) in [4.78, 5) is 10.8. The van der Waals surface area contributed by atoms with Crippen LogP contribution in [0.4, 0.5) is 0 Å². The summed E-state index contributed by atoms with van der Waals surface area (Å²) in [5.41, 5.74) is -0.275. The van der Waals surface area contributed by atoms with E-state index in [1.165, 1.54) is 10.9 Å². The van der Waals surface area contributed by atoms with Gasteiger partial charge in [0.05, 0.1) is 6.20 Å². The SMILES string of the molecule is CCn1ncc(O)cc1=O. The van der Waals surface area contributed by atoms with Gasteiger partial charge >= 0.3 is 0 Å². The van der Waals surface area contributed by atoms with E-state index in [1.807, 2.05) is 6.92 Å². The lowest BCUT2D eigenvalue weighted by Crippen LogP contribution is -2.19. The van der Waals surface area contributed by atoms with Gasteiger partial charge in [0, 0.05) is 12.6 Å². The van der Waals surface area contributed by atoms with Crippen molar-refractivity contribution in [3.63, 3.8) is 0 Å². The zero-order valence-electron chi connectivity index (χ0n) is 5.61. The molecule has 0 fully saturated rings. The summed E-state index contributed by atoms with van der Waals surface area (Å²) in [6.45, 7) is 2.34. The minimum atomic E-state index is -0.275. The normalized spacial score (nSPS) is 9.70. The number of nitrogens with zero attached hydrogens (tertiary/aromatic N) is 2. The molecule has 0 saturated carbocycles. The van der Waals surface area contributed by atoms with Crippen LogP contribution in [0.5, 0.6) is 5.75 Å². The molecule has 0 unspecified atom stereocenters. The molecule has 0 atom stereocenters. The third-order valence-electron chi connectivity index (χ3n) is 1.15. The van der Waals surface area contributed by atoms with Gasteiger partial charge in [0.2, 0.25) is 0 Å². The van der Waals surface area contributed by atoms with E-state index >= 15 is 0 Å². The van der Waals surface area contributed by atoms with Crippen LogP contribution in [-0.2, 0) is 6.54 Å². The molecule has 1 rings (SSSR count). The molecule has 0 radical (unpaired) electrons. The van der Waals surface area contributed by atoms with Crippen molar-refractivity contribution in [3.05, 3.63) is 22.6 Å². The number of aromatic hydroxyl groups is 1. The fraction of sp³-hybridized carbons (Fsp3) is 0.333. The van der Waals surface area contributed by atoms with Crippen molar-refractivity contribution in [3.8, 4) is 5.75 Å². The fourth-order valence-corrected chi connectivity index (χ4v) is 0.662. The quantitative estimate of drug-likeness (QED) is 0.596. The molecule has 4 heteroatoms. The molecule has 4 nitrogen and oxygen atoms in total. The molecule has 0 amide bonds. The Morgan fingerprint density at radius 2 is 2.50 bits per heavy atom. The van der Waals surface area contributed by atoms with Crippen LogP contribution in [0.3, 0.4) is 0 Å². The Balaban J connectivity index is 3.20. The van der Waals surface area contributed by atoms with Crippen molar-refractivity contribution in [2.75, 3.05) is 0 Å². The Kier molecular flexibility index (Phi) is 1.71. The van der Waals surface area contributed by atoms with Gasteiger partial charge in [0.15, 0.2) is 0 Å². The molecule has 0 bridgehead atoms. The third kappa shape index (κ3) is 1.15. The molecule has 1 N–H and O–H groups in total. The topological polar surface area (TPSA) is 55.1 Å². The zero-order valence-corrected chi connectivity index (χ0v) is 5.61. The first-order valence-corrected chi connectivity index (χ1v) is 3.00. The molecule has 1 aromatic heterocycles. The van der Waals surface area contributed by atoms with Crippen molar-refractivity contribution in [1.82, 2.24) is 9.78 Å². The second-order valence-corrected chi connectivity index (χ2v) is 1.87. The number of aryl methyl sites for hydroxylation is 1. The van der Waals surface area contributed by atoms with Gasteiger partial charge in [0.25, 0.3) is 5.56 Å². The summed E-state index contributed by atoms with van der Waals surface area (Å²) < 4.78 is 1.26. The molecule has 1 heterocycles. The van der Waals surface area contributed by atoms with Crippen LogP contribution in [0, 0.1) is 0 Å². The highest BCUT2D eigenvalue weighted by Gasteiger charge is 1.93. The number of aromatic nitrogens is 2. The maximum absolute atomic E-state index is 10.8. The Morgan fingerprint density at radius 3 is 3.00 bits per heavy atom.